The van der Waals surface area contributed by atoms with Crippen LogP contribution in [0.3, 0.4) is 0 Å². The van der Waals surface area contributed by atoms with Crippen molar-refractivity contribution < 1.29 is 22.7 Å². The highest BCUT2D eigenvalue weighted by Gasteiger charge is 2.26. The summed E-state index contributed by atoms with van der Waals surface area (Å²) in [4.78, 5) is 25.0. The van der Waals surface area contributed by atoms with E-state index in [0.717, 1.165) is 31.2 Å². The molecule has 2 aromatic carbocycles. The second-order valence-corrected chi connectivity index (χ2v) is 9.64. The van der Waals surface area contributed by atoms with E-state index in [1.54, 1.807) is 12.1 Å². The maximum atomic E-state index is 13.0. The number of aryl methyl sites for hydroxylation is 1. The molecule has 0 saturated carbocycles. The molecule has 2 aromatic rings. The minimum atomic E-state index is -3.69. The fourth-order valence-corrected chi connectivity index (χ4v) is 5.01. The number of sulfonamides is 1. The van der Waals surface area contributed by atoms with Gasteiger partial charge in [-0.05, 0) is 56.5 Å². The van der Waals surface area contributed by atoms with Crippen molar-refractivity contribution in [1.82, 2.24) is 4.31 Å². The van der Waals surface area contributed by atoms with Crippen molar-refractivity contribution in [3.63, 3.8) is 0 Å². The number of nitrogens with one attached hydrogen (secondary N) is 1. The van der Waals surface area contributed by atoms with Crippen LogP contribution in [0, 0.1) is 6.92 Å². The highest BCUT2D eigenvalue weighted by molar-refractivity contribution is 7.89. The van der Waals surface area contributed by atoms with Crippen molar-refractivity contribution in [2.45, 2.75) is 50.5 Å². The summed E-state index contributed by atoms with van der Waals surface area (Å²) in [5.74, 6) is -1.21. The largest absolute Gasteiger partial charge is 0.449 e. The molecule has 7 nitrogen and oxygen atoms in total. The Morgan fingerprint density at radius 2 is 1.68 bits per heavy atom. The number of hydrogen-bond donors (Lipinski definition) is 1. The van der Waals surface area contributed by atoms with Crippen LogP contribution in [-0.2, 0) is 19.6 Å². The molecule has 0 bridgehead atoms. The van der Waals surface area contributed by atoms with Gasteiger partial charge in [0.05, 0.1) is 10.5 Å². The van der Waals surface area contributed by atoms with E-state index in [1.165, 1.54) is 35.5 Å². The lowest BCUT2D eigenvalue weighted by atomic mass is 10.2. The van der Waals surface area contributed by atoms with Crippen molar-refractivity contribution in [3.8, 4) is 0 Å². The van der Waals surface area contributed by atoms with Crippen molar-refractivity contribution in [2.24, 2.45) is 0 Å². The van der Waals surface area contributed by atoms with Crippen LogP contribution in [0.2, 0.25) is 0 Å². The van der Waals surface area contributed by atoms with Crippen LogP contribution >= 0.6 is 0 Å². The molecule has 31 heavy (non-hydrogen) atoms. The Bertz CT molecular complexity index is 1040. The van der Waals surface area contributed by atoms with Gasteiger partial charge in [0.25, 0.3) is 5.91 Å². The number of carbonyl (C=O) groups excluding carboxylic acids is 2. The van der Waals surface area contributed by atoms with Gasteiger partial charge in [0, 0.05) is 18.8 Å². The average molecular weight is 445 g/mol. The number of nitrogens with zero attached hydrogens (tertiary/aromatic N) is 1. The Kier molecular flexibility index (Phi) is 7.46. The highest BCUT2D eigenvalue weighted by atomic mass is 32.2. The van der Waals surface area contributed by atoms with Gasteiger partial charge in [-0.3, -0.25) is 4.79 Å². The number of hydrogen-bond acceptors (Lipinski definition) is 5. The summed E-state index contributed by atoms with van der Waals surface area (Å²) in [6.07, 6.45) is 2.64. The Morgan fingerprint density at radius 3 is 2.35 bits per heavy atom. The van der Waals surface area contributed by atoms with E-state index >= 15 is 0 Å². The molecule has 1 atom stereocenters. The lowest BCUT2D eigenvalue weighted by Crippen LogP contribution is -2.32. The Hall–Kier alpha value is -2.71. The Labute approximate surface area is 183 Å². The molecule has 1 aliphatic rings. The molecule has 1 saturated heterocycles. The summed E-state index contributed by atoms with van der Waals surface area (Å²) in [6, 6.07) is 13.1. The second-order valence-electron chi connectivity index (χ2n) is 7.70. The molecule has 0 unspecified atom stereocenters. The molecule has 8 heteroatoms. The summed E-state index contributed by atoms with van der Waals surface area (Å²) in [6.45, 7) is 4.30. The number of esters is 1. The minimum Gasteiger partial charge on any atom is -0.449 e. The van der Waals surface area contributed by atoms with Gasteiger partial charge >= 0.3 is 5.97 Å². The number of amides is 1. The molecule has 3 rings (SSSR count). The molecule has 1 N–H and O–H groups in total. The molecule has 1 heterocycles. The zero-order valence-corrected chi connectivity index (χ0v) is 18.7. The fourth-order valence-electron chi connectivity index (χ4n) is 3.44. The summed E-state index contributed by atoms with van der Waals surface area (Å²) in [7, 11) is -3.69. The number of carbonyl (C=O) groups is 2. The van der Waals surface area contributed by atoms with Crippen LogP contribution in [0.5, 0.6) is 0 Å². The van der Waals surface area contributed by atoms with Gasteiger partial charge in [-0.2, -0.15) is 4.31 Å². The molecule has 1 aliphatic heterocycles. The molecular formula is C23H28N2O5S. The van der Waals surface area contributed by atoms with E-state index in [9.17, 15) is 18.0 Å². The van der Waals surface area contributed by atoms with Crippen LogP contribution in [0.25, 0.3) is 0 Å². The van der Waals surface area contributed by atoms with E-state index in [-0.39, 0.29) is 10.5 Å². The maximum Gasteiger partial charge on any atom is 0.338 e. The zero-order chi connectivity index (χ0) is 22.4. The Morgan fingerprint density at radius 1 is 1.00 bits per heavy atom. The fraction of sp³-hybridized carbons (Fsp3) is 0.391. The first-order valence-corrected chi connectivity index (χ1v) is 11.9. The molecular weight excluding hydrogens is 416 g/mol. The van der Waals surface area contributed by atoms with E-state index in [1.807, 2.05) is 19.1 Å². The van der Waals surface area contributed by atoms with Crippen LogP contribution in [0.1, 0.15) is 48.5 Å². The predicted octanol–water partition coefficient (Wildman–Crippen LogP) is 3.74. The van der Waals surface area contributed by atoms with Crippen LogP contribution in [0.15, 0.2) is 53.4 Å². The lowest BCUT2D eigenvalue weighted by molar-refractivity contribution is -0.123. The molecule has 0 aliphatic carbocycles. The molecule has 1 fully saturated rings. The van der Waals surface area contributed by atoms with E-state index in [0.29, 0.717) is 18.8 Å². The maximum absolute atomic E-state index is 13.0. The van der Waals surface area contributed by atoms with E-state index < -0.39 is 28.0 Å². The minimum absolute atomic E-state index is 0.0564. The zero-order valence-electron chi connectivity index (χ0n) is 17.8. The van der Waals surface area contributed by atoms with Gasteiger partial charge in [-0.1, -0.05) is 37.1 Å². The summed E-state index contributed by atoms with van der Waals surface area (Å²) in [5, 5.41) is 2.73. The number of benzene rings is 2. The topological polar surface area (TPSA) is 92.8 Å². The van der Waals surface area contributed by atoms with Crippen LogP contribution in [-0.4, -0.2) is 43.8 Å². The van der Waals surface area contributed by atoms with Gasteiger partial charge in [0.2, 0.25) is 10.0 Å². The third kappa shape index (κ3) is 5.71. The molecule has 0 radical (unpaired) electrons. The highest BCUT2D eigenvalue weighted by Crippen LogP contribution is 2.22. The number of anilines is 1. The van der Waals surface area contributed by atoms with Gasteiger partial charge in [0.15, 0.2) is 6.10 Å². The quantitative estimate of drug-likeness (QED) is 0.685. The van der Waals surface area contributed by atoms with Crippen molar-refractivity contribution >= 4 is 27.6 Å². The predicted molar refractivity (Wildman–Crippen MR) is 118 cm³/mol. The smallest absolute Gasteiger partial charge is 0.338 e. The normalized spacial score (nSPS) is 16.2. The van der Waals surface area contributed by atoms with Gasteiger partial charge in [0.1, 0.15) is 0 Å². The summed E-state index contributed by atoms with van der Waals surface area (Å²) in [5.41, 5.74) is 1.62. The lowest BCUT2D eigenvalue weighted by Gasteiger charge is -2.20. The number of ether oxygens (including phenoxy) is 1. The first-order valence-electron chi connectivity index (χ1n) is 10.5. The van der Waals surface area contributed by atoms with E-state index in [4.69, 9.17) is 4.74 Å². The van der Waals surface area contributed by atoms with Crippen molar-refractivity contribution in [2.75, 3.05) is 18.4 Å². The first-order chi connectivity index (χ1) is 14.8. The standard InChI is InChI=1S/C23H28N2O5S/c1-17-10-5-6-13-21(17)24-22(26)18(2)30-23(27)19-11-9-12-20(16-19)31(28,29)25-14-7-3-4-8-15-25/h5-6,9-13,16,18H,3-4,7-8,14-15H2,1-2H3,(H,24,26)/t18-/m0/s1. The molecule has 166 valence electrons. The van der Waals surface area contributed by atoms with Gasteiger partial charge < -0.3 is 10.1 Å². The third-order valence-electron chi connectivity index (χ3n) is 5.33. The Balaban J connectivity index is 1.69. The summed E-state index contributed by atoms with van der Waals surface area (Å²) >= 11 is 0. The van der Waals surface area contributed by atoms with E-state index in [2.05, 4.69) is 5.32 Å². The number of rotatable bonds is 6. The SMILES string of the molecule is Cc1ccccc1NC(=O)[C@H](C)OC(=O)c1cccc(S(=O)(=O)N2CCCCCC2)c1. The van der Waals surface area contributed by atoms with Crippen LogP contribution in [0.4, 0.5) is 5.69 Å². The second kappa shape index (κ2) is 10.1. The van der Waals surface area contributed by atoms with Gasteiger partial charge in [-0.15, -0.1) is 0 Å². The summed E-state index contributed by atoms with van der Waals surface area (Å²) < 4.78 is 32.7. The third-order valence-corrected chi connectivity index (χ3v) is 7.22. The van der Waals surface area contributed by atoms with Gasteiger partial charge in [-0.25, -0.2) is 13.2 Å². The molecule has 1 amide bonds. The number of para-hydroxylation sites is 1. The van der Waals surface area contributed by atoms with Crippen molar-refractivity contribution in [3.05, 3.63) is 59.7 Å². The molecule has 0 aromatic heterocycles. The average Bonchev–Trinajstić information content (AvgIpc) is 3.05. The first kappa shape index (κ1) is 23.0. The molecule has 0 spiro atoms. The van der Waals surface area contributed by atoms with Crippen LogP contribution < -0.4 is 5.32 Å². The monoisotopic (exact) mass is 444 g/mol. The van der Waals surface area contributed by atoms with Crippen molar-refractivity contribution in [1.29, 1.82) is 0 Å².